The fourth-order valence-corrected chi connectivity index (χ4v) is 3.07. The third kappa shape index (κ3) is 4.75. The second-order valence-electron chi connectivity index (χ2n) is 7.69. The Balaban J connectivity index is 1.58. The Bertz CT molecular complexity index is 731. The smallest absolute Gasteiger partial charge is 0.271 e. The monoisotopic (exact) mass is 341 g/mol. The number of carbonyl (C=O) groups excluding carboxylic acids is 3. The molecular weight excluding hydrogens is 318 g/mol. The number of benzene rings is 1. The highest BCUT2D eigenvalue weighted by atomic mass is 16.2. The molecule has 0 atom stereocenters. The van der Waals surface area contributed by atoms with E-state index in [2.05, 4.69) is 15.8 Å². The fourth-order valence-electron chi connectivity index (χ4n) is 3.07. The number of hydrogen-bond acceptors (Lipinski definition) is 4. The van der Waals surface area contributed by atoms with Crippen molar-refractivity contribution >= 4 is 29.0 Å². The van der Waals surface area contributed by atoms with Gasteiger partial charge < -0.3 is 5.32 Å². The summed E-state index contributed by atoms with van der Waals surface area (Å²) in [4.78, 5) is 35.7. The van der Waals surface area contributed by atoms with Crippen LogP contribution in [-0.4, -0.2) is 23.3 Å². The molecule has 1 aromatic carbocycles. The zero-order valence-electron chi connectivity index (χ0n) is 14.6. The van der Waals surface area contributed by atoms with Gasteiger partial charge in [-0.05, 0) is 48.9 Å². The minimum absolute atomic E-state index is 0.0354. The van der Waals surface area contributed by atoms with Crippen molar-refractivity contribution in [1.82, 2.24) is 5.43 Å². The molecular formula is C19H23N3O3. The summed E-state index contributed by atoms with van der Waals surface area (Å²) >= 11 is 0. The van der Waals surface area contributed by atoms with Crippen molar-refractivity contribution in [2.45, 2.75) is 46.0 Å². The third-order valence-corrected chi connectivity index (χ3v) is 4.44. The van der Waals surface area contributed by atoms with Gasteiger partial charge in [-0.1, -0.05) is 13.8 Å². The Morgan fingerprint density at radius 1 is 1.12 bits per heavy atom. The van der Waals surface area contributed by atoms with E-state index in [1.165, 1.54) is 0 Å². The normalized spacial score (nSPS) is 21.0. The quantitative estimate of drug-likeness (QED) is 0.826. The number of Topliss-reactive ketones (excluding diaryl/α,β-unsaturated/α-hetero) is 1. The number of amides is 2. The van der Waals surface area contributed by atoms with Gasteiger partial charge in [-0.2, -0.15) is 5.10 Å². The molecule has 0 spiro atoms. The van der Waals surface area contributed by atoms with Crippen LogP contribution in [0.2, 0.25) is 0 Å². The Hall–Kier alpha value is -2.50. The van der Waals surface area contributed by atoms with Crippen LogP contribution in [0, 0.1) is 11.3 Å². The number of hydrogen-bond donors (Lipinski definition) is 2. The van der Waals surface area contributed by atoms with E-state index in [0.717, 1.165) is 12.8 Å². The zero-order valence-corrected chi connectivity index (χ0v) is 14.6. The first-order chi connectivity index (χ1) is 11.8. The first kappa shape index (κ1) is 17.3. The number of nitrogens with zero attached hydrogens (tertiary/aromatic N) is 1. The van der Waals surface area contributed by atoms with Crippen molar-refractivity contribution in [2.75, 3.05) is 5.32 Å². The molecule has 2 aliphatic rings. The molecule has 2 amide bonds. The van der Waals surface area contributed by atoms with Crippen LogP contribution in [0.5, 0.6) is 0 Å². The molecule has 2 fully saturated rings. The number of carbonyl (C=O) groups is 3. The minimum atomic E-state index is -0.330. The van der Waals surface area contributed by atoms with Crippen LogP contribution in [0.4, 0.5) is 5.69 Å². The van der Waals surface area contributed by atoms with E-state index in [4.69, 9.17) is 0 Å². The van der Waals surface area contributed by atoms with Gasteiger partial charge in [0.15, 0.2) is 0 Å². The Labute approximate surface area is 147 Å². The maximum Gasteiger partial charge on any atom is 0.271 e. The van der Waals surface area contributed by atoms with E-state index in [1.807, 2.05) is 13.8 Å². The number of hydrazone groups is 1. The maximum absolute atomic E-state index is 12.2. The Morgan fingerprint density at radius 3 is 2.40 bits per heavy atom. The fraction of sp³-hybridized carbons (Fsp3) is 0.474. The van der Waals surface area contributed by atoms with Crippen LogP contribution in [-0.2, 0) is 9.59 Å². The van der Waals surface area contributed by atoms with Crippen LogP contribution < -0.4 is 10.7 Å². The zero-order chi connectivity index (χ0) is 18.0. The van der Waals surface area contributed by atoms with Crippen LogP contribution in [0.15, 0.2) is 29.4 Å². The molecule has 0 bridgehead atoms. The summed E-state index contributed by atoms with van der Waals surface area (Å²) in [5.41, 5.74) is 4.26. The van der Waals surface area contributed by atoms with Gasteiger partial charge in [0.25, 0.3) is 5.91 Å². The molecule has 0 heterocycles. The highest BCUT2D eigenvalue weighted by molar-refractivity contribution is 6.05. The van der Waals surface area contributed by atoms with Gasteiger partial charge in [-0.3, -0.25) is 14.4 Å². The standard InChI is InChI=1S/C19H23N3O3/c1-19(2)10-15(9-16(23)11-19)21-22-18(25)13-5-7-14(8-6-13)20-17(24)12-3-4-12/h5-8,12H,3-4,9-11H2,1-2H3,(H,20,24)(H,22,25)/b21-15+. The Kier molecular flexibility index (Phi) is 4.70. The minimum Gasteiger partial charge on any atom is -0.326 e. The van der Waals surface area contributed by atoms with Crippen LogP contribution >= 0.6 is 0 Å². The molecule has 2 N–H and O–H groups in total. The molecule has 2 saturated carbocycles. The van der Waals surface area contributed by atoms with Gasteiger partial charge in [-0.25, -0.2) is 5.43 Å². The number of nitrogens with one attached hydrogen (secondary N) is 2. The topological polar surface area (TPSA) is 87.6 Å². The molecule has 25 heavy (non-hydrogen) atoms. The second-order valence-corrected chi connectivity index (χ2v) is 7.69. The summed E-state index contributed by atoms with van der Waals surface area (Å²) in [7, 11) is 0. The number of ketones is 1. The molecule has 132 valence electrons. The molecule has 6 nitrogen and oxygen atoms in total. The van der Waals surface area contributed by atoms with Gasteiger partial charge in [0.05, 0.1) is 0 Å². The summed E-state index contributed by atoms with van der Waals surface area (Å²) in [5.74, 6) is -0.00200. The predicted molar refractivity (Wildman–Crippen MR) is 95.3 cm³/mol. The van der Waals surface area contributed by atoms with E-state index in [-0.39, 0.29) is 28.9 Å². The summed E-state index contributed by atoms with van der Waals surface area (Å²) in [6.45, 7) is 4.05. The largest absolute Gasteiger partial charge is 0.326 e. The van der Waals surface area contributed by atoms with E-state index in [1.54, 1.807) is 24.3 Å². The van der Waals surface area contributed by atoms with Crippen LogP contribution in [0.1, 0.15) is 56.3 Å². The molecule has 6 heteroatoms. The Morgan fingerprint density at radius 2 is 1.80 bits per heavy atom. The summed E-state index contributed by atoms with van der Waals surface area (Å²) in [6.07, 6.45) is 3.45. The first-order valence-corrected chi connectivity index (χ1v) is 8.61. The highest BCUT2D eigenvalue weighted by Gasteiger charge is 2.31. The highest BCUT2D eigenvalue weighted by Crippen LogP contribution is 2.32. The maximum atomic E-state index is 12.2. The van der Waals surface area contributed by atoms with E-state index >= 15 is 0 Å². The van der Waals surface area contributed by atoms with E-state index in [9.17, 15) is 14.4 Å². The lowest BCUT2D eigenvalue weighted by atomic mass is 9.76. The van der Waals surface area contributed by atoms with Crippen LogP contribution in [0.3, 0.4) is 0 Å². The van der Waals surface area contributed by atoms with Crippen molar-refractivity contribution in [3.63, 3.8) is 0 Å². The second kappa shape index (κ2) is 6.78. The molecule has 0 radical (unpaired) electrons. The molecule has 1 aromatic rings. The molecule has 0 aliphatic heterocycles. The lowest BCUT2D eigenvalue weighted by Gasteiger charge is -2.28. The molecule has 0 saturated heterocycles. The van der Waals surface area contributed by atoms with Crippen molar-refractivity contribution in [3.05, 3.63) is 29.8 Å². The number of anilines is 1. The van der Waals surface area contributed by atoms with Gasteiger partial charge in [-0.15, -0.1) is 0 Å². The average Bonchev–Trinajstić information content (AvgIpc) is 3.36. The van der Waals surface area contributed by atoms with Crippen LogP contribution in [0.25, 0.3) is 0 Å². The SMILES string of the molecule is CC1(C)CC(=O)C/C(=N\NC(=O)c2ccc(NC(=O)C3CC3)cc2)C1. The lowest BCUT2D eigenvalue weighted by molar-refractivity contribution is -0.120. The van der Waals surface area contributed by atoms with E-state index < -0.39 is 0 Å². The van der Waals surface area contributed by atoms with Crippen molar-refractivity contribution in [1.29, 1.82) is 0 Å². The van der Waals surface area contributed by atoms with Crippen molar-refractivity contribution < 1.29 is 14.4 Å². The predicted octanol–water partition coefficient (Wildman–Crippen LogP) is 2.90. The van der Waals surface area contributed by atoms with Gasteiger partial charge in [0.1, 0.15) is 5.78 Å². The summed E-state index contributed by atoms with van der Waals surface area (Å²) in [6, 6.07) is 6.70. The summed E-state index contributed by atoms with van der Waals surface area (Å²) < 4.78 is 0. The van der Waals surface area contributed by atoms with Gasteiger partial charge >= 0.3 is 0 Å². The van der Waals surface area contributed by atoms with Crippen molar-refractivity contribution in [2.24, 2.45) is 16.4 Å². The van der Waals surface area contributed by atoms with Gasteiger partial charge in [0.2, 0.25) is 5.91 Å². The van der Waals surface area contributed by atoms with E-state index in [0.29, 0.717) is 36.2 Å². The number of rotatable bonds is 4. The molecule has 3 rings (SSSR count). The lowest BCUT2D eigenvalue weighted by Crippen LogP contribution is -2.31. The molecule has 2 aliphatic carbocycles. The molecule has 0 unspecified atom stereocenters. The summed E-state index contributed by atoms with van der Waals surface area (Å²) in [5, 5.41) is 6.97. The van der Waals surface area contributed by atoms with Gasteiger partial charge in [0, 0.05) is 35.7 Å². The third-order valence-electron chi connectivity index (χ3n) is 4.44. The average molecular weight is 341 g/mol. The molecule has 0 aromatic heterocycles. The first-order valence-electron chi connectivity index (χ1n) is 8.61. The van der Waals surface area contributed by atoms with Crippen molar-refractivity contribution in [3.8, 4) is 0 Å².